The van der Waals surface area contributed by atoms with Crippen LogP contribution >= 0.6 is 0 Å². The lowest BCUT2D eigenvalue weighted by Crippen LogP contribution is -2.41. The minimum absolute atomic E-state index is 0.0656. The minimum Gasteiger partial charge on any atom is -0.263 e. The molecule has 0 spiro atoms. The SMILES string of the molecule is CC(C)CS(=O)(=O)NN(c1ccccc1)c1ccccc1. The normalized spacial score (nSPS) is 11.6. The predicted octanol–water partition coefficient (Wildman–Crippen LogP) is 3.32. The largest absolute Gasteiger partial charge is 0.263 e. The van der Waals surface area contributed by atoms with Crippen LogP contribution in [0.2, 0.25) is 0 Å². The number of hydrogen-bond acceptors (Lipinski definition) is 3. The van der Waals surface area contributed by atoms with E-state index in [2.05, 4.69) is 4.83 Å². The molecule has 4 nitrogen and oxygen atoms in total. The highest BCUT2D eigenvalue weighted by Gasteiger charge is 2.18. The van der Waals surface area contributed by atoms with Crippen molar-refractivity contribution in [3.63, 3.8) is 0 Å². The zero-order valence-corrected chi connectivity index (χ0v) is 13.0. The summed E-state index contributed by atoms with van der Waals surface area (Å²) in [7, 11) is -3.40. The molecule has 0 heterocycles. The number of sulfonamides is 1. The summed E-state index contributed by atoms with van der Waals surface area (Å²) in [6.45, 7) is 3.77. The van der Waals surface area contributed by atoms with Gasteiger partial charge in [-0.2, -0.15) is 0 Å². The van der Waals surface area contributed by atoms with Crippen molar-refractivity contribution in [3.8, 4) is 0 Å². The number of hydrogen-bond donors (Lipinski definition) is 1. The van der Waals surface area contributed by atoms with Crippen molar-refractivity contribution in [3.05, 3.63) is 60.7 Å². The number of benzene rings is 2. The Morgan fingerprint density at radius 2 is 1.33 bits per heavy atom. The van der Waals surface area contributed by atoms with Gasteiger partial charge in [0.05, 0.1) is 17.1 Å². The van der Waals surface area contributed by atoms with Gasteiger partial charge in [-0.05, 0) is 30.2 Å². The molecule has 0 aliphatic rings. The molecule has 2 aromatic carbocycles. The van der Waals surface area contributed by atoms with Crippen molar-refractivity contribution in [2.75, 3.05) is 10.8 Å². The average Bonchev–Trinajstić information content (AvgIpc) is 2.45. The van der Waals surface area contributed by atoms with Gasteiger partial charge in [0.1, 0.15) is 0 Å². The second-order valence-corrected chi connectivity index (χ2v) is 7.02. The molecule has 0 radical (unpaired) electrons. The fraction of sp³-hybridized carbons (Fsp3) is 0.250. The summed E-state index contributed by atoms with van der Waals surface area (Å²) in [5.74, 6) is 0.152. The van der Waals surface area contributed by atoms with Crippen LogP contribution in [0.4, 0.5) is 11.4 Å². The van der Waals surface area contributed by atoms with Crippen LogP contribution < -0.4 is 9.84 Å². The first kappa shape index (κ1) is 15.5. The molecule has 1 N–H and O–H groups in total. The Kier molecular flexibility index (Phi) is 4.98. The topological polar surface area (TPSA) is 49.4 Å². The lowest BCUT2D eigenvalue weighted by atomic mass is 10.2. The Hall–Kier alpha value is -1.85. The minimum atomic E-state index is -3.40. The molecular weight excluding hydrogens is 284 g/mol. The number of hydrazine groups is 1. The molecule has 0 aromatic heterocycles. The fourth-order valence-corrected chi connectivity index (χ4v) is 3.46. The van der Waals surface area contributed by atoms with Gasteiger partial charge in [-0.1, -0.05) is 50.2 Å². The fourth-order valence-electron chi connectivity index (χ4n) is 2.02. The van der Waals surface area contributed by atoms with Crippen LogP contribution in [0.15, 0.2) is 60.7 Å². The van der Waals surface area contributed by atoms with Gasteiger partial charge in [-0.3, -0.25) is 5.01 Å². The molecule has 2 rings (SSSR count). The van der Waals surface area contributed by atoms with Crippen molar-refractivity contribution in [1.29, 1.82) is 0 Å². The highest BCUT2D eigenvalue weighted by molar-refractivity contribution is 7.89. The molecule has 5 heteroatoms. The van der Waals surface area contributed by atoms with Crippen molar-refractivity contribution >= 4 is 21.4 Å². The number of anilines is 2. The third-order valence-electron chi connectivity index (χ3n) is 2.81. The van der Waals surface area contributed by atoms with Gasteiger partial charge in [0.25, 0.3) is 0 Å². The number of rotatable bonds is 6. The summed E-state index contributed by atoms with van der Waals surface area (Å²) in [5.41, 5.74) is 1.55. The van der Waals surface area contributed by atoms with E-state index in [1.165, 1.54) is 0 Å². The molecule has 0 unspecified atom stereocenters. The van der Waals surface area contributed by atoms with Crippen LogP contribution in [0.5, 0.6) is 0 Å². The zero-order valence-electron chi connectivity index (χ0n) is 12.2. The zero-order chi connectivity index (χ0) is 15.3. The van der Waals surface area contributed by atoms with E-state index in [9.17, 15) is 8.42 Å². The monoisotopic (exact) mass is 304 g/mol. The molecule has 0 saturated heterocycles. The van der Waals surface area contributed by atoms with E-state index >= 15 is 0 Å². The van der Waals surface area contributed by atoms with E-state index in [1.807, 2.05) is 74.5 Å². The highest BCUT2D eigenvalue weighted by Crippen LogP contribution is 2.23. The van der Waals surface area contributed by atoms with Crippen molar-refractivity contribution in [2.24, 2.45) is 5.92 Å². The van der Waals surface area contributed by atoms with Crippen LogP contribution in [0.25, 0.3) is 0 Å². The molecule has 0 atom stereocenters. The Bertz CT molecular complexity index is 616. The lowest BCUT2D eigenvalue weighted by Gasteiger charge is -2.25. The Morgan fingerprint density at radius 1 is 0.905 bits per heavy atom. The first-order chi connectivity index (χ1) is 9.98. The highest BCUT2D eigenvalue weighted by atomic mass is 32.2. The summed E-state index contributed by atoms with van der Waals surface area (Å²) in [4.78, 5) is 2.66. The molecule has 0 amide bonds. The molecule has 112 valence electrons. The van der Waals surface area contributed by atoms with Gasteiger partial charge in [0, 0.05) is 0 Å². The standard InChI is InChI=1S/C16H20N2O2S/c1-14(2)13-21(19,20)17-18(15-9-5-3-6-10-15)16-11-7-4-8-12-16/h3-12,14,17H,13H2,1-2H3. The smallest absolute Gasteiger partial charge is 0.229 e. The molecule has 0 aliphatic carbocycles. The molecule has 2 aromatic rings. The first-order valence-corrected chi connectivity index (χ1v) is 8.53. The van der Waals surface area contributed by atoms with Crippen molar-refractivity contribution < 1.29 is 8.42 Å². The number of nitrogens with zero attached hydrogens (tertiary/aromatic N) is 1. The second kappa shape index (κ2) is 6.74. The van der Waals surface area contributed by atoms with E-state index in [0.29, 0.717) is 0 Å². The lowest BCUT2D eigenvalue weighted by molar-refractivity contribution is 0.569. The van der Waals surface area contributed by atoms with Crippen LogP contribution in [0, 0.1) is 5.92 Å². The molecule has 0 aliphatic heterocycles. The maximum Gasteiger partial charge on any atom is 0.229 e. The Balaban J connectivity index is 2.34. The summed E-state index contributed by atoms with van der Waals surface area (Å²) in [6, 6.07) is 18.8. The maximum absolute atomic E-state index is 12.2. The average molecular weight is 304 g/mol. The van der Waals surface area contributed by atoms with Gasteiger partial charge in [0.2, 0.25) is 10.0 Å². The van der Waals surface area contributed by atoms with Crippen molar-refractivity contribution in [1.82, 2.24) is 4.83 Å². The molecule has 21 heavy (non-hydrogen) atoms. The predicted molar refractivity (Wildman–Crippen MR) is 86.8 cm³/mol. The van der Waals surface area contributed by atoms with Gasteiger partial charge in [-0.25, -0.2) is 8.42 Å². The molecular formula is C16H20N2O2S. The third-order valence-corrected chi connectivity index (χ3v) is 4.38. The van der Waals surface area contributed by atoms with Gasteiger partial charge in [-0.15, -0.1) is 4.83 Å². The summed E-state index contributed by atoms with van der Waals surface area (Å²) < 4.78 is 24.5. The van der Waals surface area contributed by atoms with Gasteiger partial charge in [0.15, 0.2) is 0 Å². The Morgan fingerprint density at radius 3 is 1.71 bits per heavy atom. The van der Waals surface area contributed by atoms with Crippen LogP contribution in [0.1, 0.15) is 13.8 Å². The molecule has 0 bridgehead atoms. The number of para-hydroxylation sites is 2. The second-order valence-electron chi connectivity index (χ2n) is 5.27. The van der Waals surface area contributed by atoms with E-state index < -0.39 is 10.0 Å². The van der Waals surface area contributed by atoms with Crippen LogP contribution in [-0.2, 0) is 10.0 Å². The molecule has 0 fully saturated rings. The van der Waals surface area contributed by atoms with E-state index in [1.54, 1.807) is 5.01 Å². The van der Waals surface area contributed by atoms with E-state index in [0.717, 1.165) is 11.4 Å². The van der Waals surface area contributed by atoms with E-state index in [4.69, 9.17) is 0 Å². The maximum atomic E-state index is 12.2. The summed E-state index contributed by atoms with van der Waals surface area (Å²) >= 11 is 0. The quantitative estimate of drug-likeness (QED) is 0.833. The van der Waals surface area contributed by atoms with Gasteiger partial charge < -0.3 is 0 Å². The van der Waals surface area contributed by atoms with Crippen LogP contribution in [-0.4, -0.2) is 14.2 Å². The summed E-state index contributed by atoms with van der Waals surface area (Å²) in [5, 5.41) is 1.59. The first-order valence-electron chi connectivity index (χ1n) is 6.88. The third kappa shape index (κ3) is 4.58. The van der Waals surface area contributed by atoms with Gasteiger partial charge >= 0.3 is 0 Å². The molecule has 0 saturated carbocycles. The van der Waals surface area contributed by atoms with Crippen molar-refractivity contribution in [2.45, 2.75) is 13.8 Å². The number of nitrogens with one attached hydrogen (secondary N) is 1. The van der Waals surface area contributed by atoms with Crippen LogP contribution in [0.3, 0.4) is 0 Å². The van der Waals surface area contributed by atoms with E-state index in [-0.39, 0.29) is 11.7 Å². The summed E-state index contributed by atoms with van der Waals surface area (Å²) in [6.07, 6.45) is 0. The Labute approximate surface area is 126 Å².